The molecule has 0 bridgehead atoms. The molecule has 0 saturated carbocycles. The number of hydrogen-bond donors (Lipinski definition) is 0. The van der Waals surface area contributed by atoms with Crippen LogP contribution in [0.3, 0.4) is 0 Å². The molecule has 14 aromatic carbocycles. The second-order valence-electron chi connectivity index (χ2n) is 29.1. The van der Waals surface area contributed by atoms with Gasteiger partial charge in [-0.2, -0.15) is 10.5 Å². The Hall–Kier alpha value is -12.7. The number of anilines is 6. The summed E-state index contributed by atoms with van der Waals surface area (Å²) in [5, 5.41) is 26.3. The van der Waals surface area contributed by atoms with Crippen molar-refractivity contribution in [3.05, 3.63) is 332 Å². The van der Waals surface area contributed by atoms with E-state index in [1.54, 1.807) is 0 Å². The van der Waals surface area contributed by atoms with Gasteiger partial charge in [0.25, 0.3) is 6.71 Å². The van der Waals surface area contributed by atoms with Crippen molar-refractivity contribution < 1.29 is 0 Å². The van der Waals surface area contributed by atoms with E-state index in [-0.39, 0.29) is 17.5 Å². The summed E-state index contributed by atoms with van der Waals surface area (Å²) in [5.74, 6) is 0. The van der Waals surface area contributed by atoms with Crippen LogP contribution in [0, 0.1) is 22.7 Å². The lowest BCUT2D eigenvalue weighted by molar-refractivity contribution is 0.590. The van der Waals surface area contributed by atoms with Crippen LogP contribution in [0.5, 0.6) is 0 Å². The molecule has 0 fully saturated rings. The van der Waals surface area contributed by atoms with Gasteiger partial charge in [-0.15, -0.1) is 0 Å². The maximum atomic E-state index is 10.8. The van der Waals surface area contributed by atoms with Gasteiger partial charge < -0.3 is 18.9 Å². The van der Waals surface area contributed by atoms with Crippen molar-refractivity contribution in [2.24, 2.45) is 0 Å². The topological polar surface area (TPSA) is 63.9 Å². The molecule has 0 N–H and O–H groups in total. The van der Waals surface area contributed by atoms with Crippen LogP contribution in [0.15, 0.2) is 309 Å². The number of hydrogen-bond acceptors (Lipinski definition) is 4. The van der Waals surface area contributed by atoms with E-state index in [0.717, 1.165) is 134 Å². The van der Waals surface area contributed by atoms with Crippen LogP contribution in [0.2, 0.25) is 0 Å². The summed E-state index contributed by atoms with van der Waals surface area (Å²) >= 11 is 0. The summed E-state index contributed by atoms with van der Waals surface area (Å²) in [4.78, 5) is 5.16. The standard InChI is InChI=1S/C94H69BN6/c1-93(2,3)68-30-22-28-61(50-68)78-52-63(72-32-12-10-26-65(72)58-96)42-48-86(78)100-88-56-70(98-82-38-18-14-34-74(82)75-35-15-19-39-83(75)98)44-46-80(88)95-81-47-45-71(99-84-40-20-16-36-76(84)77-37-17-21-41-85(77)99)57-89(81)101(91-55-67(54-90(100)92(91)95)60-24-8-7-9-25-60)87-49-43-64(73-33-13-11-27-66(73)59-97)53-79(87)62-29-23-31-69(51-62)94(4,5)6/h7-57H,1-6H3. The molecule has 0 spiro atoms. The SMILES string of the molecule is CC(C)(C)c1cccc(-c2cc(-c3ccccc3C#N)ccc2N2c3cc(-n4c5ccccc5c5ccccc54)ccc3B3c4ccc(-n5c6ccccc6c6ccccc65)cc4N(c4ccc(-c5ccccc5C#N)cc4-c4cccc(C(C)(C)C)c4)c4cc(-c5ccccc5)cc2c43)c1. The average molecular weight is 1290 g/mol. The second kappa shape index (κ2) is 23.5. The minimum absolute atomic E-state index is 0.158. The molecule has 2 aromatic heterocycles. The first-order valence-electron chi connectivity index (χ1n) is 34.9. The third kappa shape index (κ3) is 9.91. The molecule has 0 unspecified atom stereocenters. The van der Waals surface area contributed by atoms with Gasteiger partial charge in [0.05, 0.1) is 56.7 Å². The maximum Gasteiger partial charge on any atom is 0.252 e. The number of rotatable bonds is 9. The molecular formula is C94H69BN6. The van der Waals surface area contributed by atoms with Crippen molar-refractivity contribution in [2.75, 3.05) is 9.80 Å². The van der Waals surface area contributed by atoms with Gasteiger partial charge >= 0.3 is 0 Å². The van der Waals surface area contributed by atoms with Crippen molar-refractivity contribution in [3.63, 3.8) is 0 Å². The first-order valence-corrected chi connectivity index (χ1v) is 34.9. The van der Waals surface area contributed by atoms with E-state index in [0.29, 0.717) is 11.1 Å². The Bertz CT molecular complexity index is 5720. The van der Waals surface area contributed by atoms with Crippen molar-refractivity contribution in [1.82, 2.24) is 9.13 Å². The Morgan fingerprint density at radius 3 is 1.05 bits per heavy atom. The number of aromatic nitrogens is 2. The van der Waals surface area contributed by atoms with Gasteiger partial charge in [-0.1, -0.05) is 254 Å². The van der Waals surface area contributed by atoms with Crippen LogP contribution >= 0.6 is 0 Å². The van der Waals surface area contributed by atoms with Gasteiger partial charge in [0.1, 0.15) is 0 Å². The van der Waals surface area contributed by atoms with Gasteiger partial charge in [0.15, 0.2) is 0 Å². The molecule has 0 atom stereocenters. The Morgan fingerprint density at radius 2 is 0.644 bits per heavy atom. The average Bonchev–Trinajstić information content (AvgIpc) is 1.64. The zero-order valence-electron chi connectivity index (χ0n) is 57.2. The predicted octanol–water partition coefficient (Wildman–Crippen LogP) is 22.6. The van der Waals surface area contributed by atoms with Crippen LogP contribution in [-0.2, 0) is 10.8 Å². The normalized spacial score (nSPS) is 12.6. The minimum atomic E-state index is -0.286. The monoisotopic (exact) mass is 1290 g/mol. The van der Waals surface area contributed by atoms with Crippen molar-refractivity contribution in [2.45, 2.75) is 52.4 Å². The first kappa shape index (κ1) is 60.7. The summed E-state index contributed by atoms with van der Waals surface area (Å²) in [6, 6.07) is 118. The maximum absolute atomic E-state index is 10.8. The largest absolute Gasteiger partial charge is 0.311 e. The van der Waals surface area contributed by atoms with E-state index in [9.17, 15) is 10.5 Å². The first-order chi connectivity index (χ1) is 49.3. The smallest absolute Gasteiger partial charge is 0.252 e. The Balaban J connectivity index is 0.999. The lowest BCUT2D eigenvalue weighted by Crippen LogP contribution is -2.61. The summed E-state index contributed by atoms with van der Waals surface area (Å²) in [6.45, 7) is 13.4. The van der Waals surface area contributed by atoms with Crippen LogP contribution in [0.25, 0.3) is 111 Å². The van der Waals surface area contributed by atoms with Crippen LogP contribution in [0.4, 0.5) is 34.1 Å². The fourth-order valence-electron chi connectivity index (χ4n) is 16.2. The molecule has 0 amide bonds. The number of para-hydroxylation sites is 4. The number of nitriles is 2. The Morgan fingerprint density at radius 1 is 0.277 bits per heavy atom. The highest BCUT2D eigenvalue weighted by molar-refractivity contribution is 7.00. The summed E-state index contributed by atoms with van der Waals surface area (Å²) in [5.41, 5.74) is 29.7. The van der Waals surface area contributed by atoms with Crippen LogP contribution in [0.1, 0.15) is 63.8 Å². The van der Waals surface area contributed by atoms with Crippen LogP contribution < -0.4 is 26.2 Å². The quantitative estimate of drug-likeness (QED) is 0.135. The van der Waals surface area contributed by atoms with E-state index in [1.165, 1.54) is 38.1 Å². The summed E-state index contributed by atoms with van der Waals surface area (Å²) < 4.78 is 4.90. The third-order valence-corrected chi connectivity index (χ3v) is 21.1. The molecule has 2 aliphatic heterocycles. The van der Waals surface area contributed by atoms with Crippen molar-refractivity contribution in [3.8, 4) is 79.1 Å². The van der Waals surface area contributed by atoms with E-state index < -0.39 is 0 Å². The predicted molar refractivity (Wildman–Crippen MR) is 423 cm³/mol. The fourth-order valence-corrected chi connectivity index (χ4v) is 16.2. The van der Waals surface area contributed by atoms with E-state index in [4.69, 9.17) is 0 Å². The van der Waals surface area contributed by atoms with Gasteiger partial charge in [-0.25, -0.2) is 0 Å². The zero-order chi connectivity index (χ0) is 68.4. The van der Waals surface area contributed by atoms with Crippen molar-refractivity contribution >= 4 is 101 Å². The molecule has 4 heterocycles. The fraction of sp³-hybridized carbons (Fsp3) is 0.0851. The molecular weight excluding hydrogens is 1220 g/mol. The molecule has 18 rings (SSSR count). The van der Waals surface area contributed by atoms with E-state index in [1.807, 2.05) is 36.4 Å². The van der Waals surface area contributed by atoms with Crippen LogP contribution in [-0.4, -0.2) is 15.8 Å². The Kier molecular flexibility index (Phi) is 14.1. The number of benzene rings is 14. The van der Waals surface area contributed by atoms with E-state index >= 15 is 0 Å². The molecule has 7 heteroatoms. The highest BCUT2D eigenvalue weighted by Gasteiger charge is 2.45. The van der Waals surface area contributed by atoms with Gasteiger partial charge in [-0.3, -0.25) is 0 Å². The summed E-state index contributed by atoms with van der Waals surface area (Å²) in [7, 11) is 0. The molecule has 101 heavy (non-hydrogen) atoms. The molecule has 0 aliphatic carbocycles. The number of fused-ring (bicyclic) bond motifs is 10. The van der Waals surface area contributed by atoms with Crippen molar-refractivity contribution in [1.29, 1.82) is 10.5 Å². The lowest BCUT2D eigenvalue weighted by atomic mass is 9.33. The molecule has 478 valence electrons. The molecule has 16 aromatic rings. The summed E-state index contributed by atoms with van der Waals surface area (Å²) in [6.07, 6.45) is 0. The molecule has 6 nitrogen and oxygen atoms in total. The molecule has 2 aliphatic rings. The van der Waals surface area contributed by atoms with Gasteiger partial charge in [0, 0.05) is 66.8 Å². The van der Waals surface area contributed by atoms with Gasteiger partial charge in [-0.05, 0) is 180 Å². The van der Waals surface area contributed by atoms with Gasteiger partial charge in [0.2, 0.25) is 0 Å². The highest BCUT2D eigenvalue weighted by Crippen LogP contribution is 2.52. The second-order valence-corrected chi connectivity index (χ2v) is 29.1. The lowest BCUT2D eigenvalue weighted by Gasteiger charge is -2.45. The third-order valence-electron chi connectivity index (χ3n) is 21.1. The molecule has 0 radical (unpaired) electrons. The Labute approximate surface area is 589 Å². The number of nitrogens with zero attached hydrogens (tertiary/aromatic N) is 6. The minimum Gasteiger partial charge on any atom is -0.311 e. The zero-order valence-corrected chi connectivity index (χ0v) is 57.2. The molecule has 0 saturated heterocycles. The highest BCUT2D eigenvalue weighted by atomic mass is 15.2. The van der Waals surface area contributed by atoms with E-state index in [2.05, 4.69) is 346 Å².